The maximum atomic E-state index is 2.50. The van der Waals surface area contributed by atoms with E-state index in [4.69, 9.17) is 0 Å². The molecule has 0 aliphatic carbocycles. The minimum absolute atomic E-state index is 0.696. The molecule has 0 aliphatic heterocycles. The second kappa shape index (κ2) is 27.1. The van der Waals surface area contributed by atoms with Crippen molar-refractivity contribution in [1.29, 1.82) is 0 Å². The summed E-state index contributed by atoms with van der Waals surface area (Å²) in [4.78, 5) is 0. The molecule has 0 aliphatic rings. The highest BCUT2D eigenvalue weighted by molar-refractivity contribution is 6.95. The van der Waals surface area contributed by atoms with Gasteiger partial charge in [0, 0.05) is 0 Å². The second-order valence-electron chi connectivity index (χ2n) is 26.0. The fourth-order valence-corrected chi connectivity index (χ4v) is 28.3. The molecule has 0 saturated heterocycles. The van der Waals surface area contributed by atoms with Gasteiger partial charge in [-0.05, 0) is 157 Å². The van der Waals surface area contributed by atoms with Crippen LogP contribution >= 0.6 is 0 Å². The zero-order chi connectivity index (χ0) is 60.5. The van der Waals surface area contributed by atoms with Crippen molar-refractivity contribution in [3.63, 3.8) is 0 Å². The van der Waals surface area contributed by atoms with Gasteiger partial charge in [-0.25, -0.2) is 0 Å². The van der Waals surface area contributed by atoms with Gasteiger partial charge in [-0.2, -0.15) is 0 Å². The van der Waals surface area contributed by atoms with E-state index in [1.54, 1.807) is 10.4 Å². The summed E-state index contributed by atoms with van der Waals surface area (Å²) in [7, 11) is -3.40. The number of benzene rings is 10. The van der Waals surface area contributed by atoms with E-state index in [1.165, 1.54) is 99.1 Å². The van der Waals surface area contributed by atoms with Crippen LogP contribution in [0.15, 0.2) is 206 Å². The highest BCUT2D eigenvalue weighted by atomic mass is 28.3. The van der Waals surface area contributed by atoms with Crippen LogP contribution < -0.4 is 10.4 Å². The molecule has 0 saturated carbocycles. The molecular weight excluding hydrogens is 1070 g/mol. The minimum Gasteiger partial charge on any atom is -0.0648 e. The zero-order valence-electron chi connectivity index (χ0n) is 53.0. The highest BCUT2D eigenvalue weighted by Crippen LogP contribution is 2.43. The van der Waals surface area contributed by atoms with Gasteiger partial charge in [-0.15, -0.1) is 0 Å². The van der Waals surface area contributed by atoms with Gasteiger partial charge in [0.1, 0.15) is 0 Å². The molecule has 0 radical (unpaired) electrons. The van der Waals surface area contributed by atoms with E-state index in [-0.39, 0.29) is 0 Å². The quantitative estimate of drug-likeness (QED) is 0.0527. The van der Waals surface area contributed by atoms with Crippen LogP contribution in [-0.4, -0.2) is 16.1 Å². The van der Waals surface area contributed by atoms with Crippen LogP contribution in [0.5, 0.6) is 0 Å². The van der Waals surface area contributed by atoms with Gasteiger partial charge in [-0.3, -0.25) is 0 Å². The number of hydrogen-bond acceptors (Lipinski definition) is 0. The third-order valence-electron chi connectivity index (χ3n) is 18.9. The Hall–Kier alpha value is -8.15. The summed E-state index contributed by atoms with van der Waals surface area (Å²) in [6.07, 6.45) is 26.5. The van der Waals surface area contributed by atoms with Crippen molar-refractivity contribution in [1.82, 2.24) is 0 Å². The first kappa shape index (κ1) is 61.0. The molecule has 0 heterocycles. The van der Waals surface area contributed by atoms with Crippen LogP contribution in [0, 0.1) is 0 Å². The standard InChI is InChI=1S/C84H88Si2/c1-59(2)85(60(3)4,61(5)6)83-51-49-78-53-73(43-47-80(78)57-83)37-33-69-25-17-65(18-26-69)13-15-67-21-29-71(30-22-67)35-39-75-41-45-77-46-42-76(56-82(77)55-75)40-36-72-31-23-68(24-32-72)16-14-66-19-27-70(28-20-66)34-38-74-44-48-81-58-84(52-50-79(81)54-74)86(62(7)8,63(9)10)64(11)12/h13-64H,1-12H3/b15-13-,16-14-,37-33+,38-34+,39-35+,40-36+. The first-order valence-corrected chi connectivity index (χ1v) is 36.1. The van der Waals surface area contributed by atoms with E-state index in [2.05, 4.69) is 362 Å². The third-order valence-corrected chi connectivity index (χ3v) is 33.0. The predicted molar refractivity (Wildman–Crippen MR) is 393 cm³/mol. The van der Waals surface area contributed by atoms with Crippen LogP contribution in [0.3, 0.4) is 0 Å². The maximum Gasteiger partial charge on any atom is 0.0942 e. The Morgan fingerprint density at radius 1 is 0.174 bits per heavy atom. The summed E-state index contributed by atoms with van der Waals surface area (Å²) in [5.41, 5.74) is 18.4. The summed E-state index contributed by atoms with van der Waals surface area (Å²) in [6, 6.07) is 76.9. The highest BCUT2D eigenvalue weighted by Gasteiger charge is 2.45. The summed E-state index contributed by atoms with van der Waals surface area (Å²) >= 11 is 0. The van der Waals surface area contributed by atoms with Gasteiger partial charge >= 0.3 is 0 Å². The SMILES string of the molecule is CC(C)[Si](c1ccc2cc(/C=C/c3ccc(/C=C\c4ccc(/C=C/c5ccc6ccc(/C=C/c7ccc(/C=C\c8ccc(/C=C/c9ccc%10cc([Si](C(C)C)(C(C)C)C(C)C)ccc%10c9)cc8)cc7)cc6c5)cc4)cc3)ccc2c1)(C(C)C)C(C)C. The van der Waals surface area contributed by atoms with Crippen molar-refractivity contribution in [3.05, 3.63) is 273 Å². The topological polar surface area (TPSA) is 0 Å². The summed E-state index contributed by atoms with van der Waals surface area (Å²) in [5.74, 6) is 0. The van der Waals surface area contributed by atoms with E-state index in [0.29, 0.717) is 33.2 Å². The van der Waals surface area contributed by atoms with Crippen molar-refractivity contribution >= 4 is 132 Å². The molecule has 432 valence electrons. The van der Waals surface area contributed by atoms with Crippen LogP contribution in [-0.2, 0) is 0 Å². The number of hydrogen-bond donors (Lipinski definition) is 0. The van der Waals surface area contributed by atoms with Crippen molar-refractivity contribution in [3.8, 4) is 0 Å². The van der Waals surface area contributed by atoms with Gasteiger partial charge in [0.2, 0.25) is 0 Å². The van der Waals surface area contributed by atoms with E-state index in [1.807, 2.05) is 0 Å². The van der Waals surface area contributed by atoms with Gasteiger partial charge < -0.3 is 0 Å². The third kappa shape index (κ3) is 13.7. The normalized spacial score (nSPS) is 13.0. The fourth-order valence-electron chi connectivity index (χ4n) is 14.8. The van der Waals surface area contributed by atoms with Crippen LogP contribution in [0.1, 0.15) is 150 Å². The van der Waals surface area contributed by atoms with E-state index < -0.39 is 16.1 Å². The number of fused-ring (bicyclic) bond motifs is 3. The van der Waals surface area contributed by atoms with Crippen LogP contribution in [0.25, 0.3) is 105 Å². The molecule has 0 nitrogen and oxygen atoms in total. The molecule has 10 aromatic carbocycles. The van der Waals surface area contributed by atoms with Crippen LogP contribution in [0.2, 0.25) is 33.2 Å². The van der Waals surface area contributed by atoms with Crippen molar-refractivity contribution in [2.45, 2.75) is 116 Å². The Morgan fingerprint density at radius 3 is 0.558 bits per heavy atom. The molecule has 2 heteroatoms. The monoisotopic (exact) mass is 1150 g/mol. The average molecular weight is 1150 g/mol. The predicted octanol–water partition coefficient (Wildman–Crippen LogP) is 23.9. The van der Waals surface area contributed by atoms with Gasteiger partial charge in [-0.1, -0.05) is 348 Å². The maximum absolute atomic E-state index is 2.50. The smallest absolute Gasteiger partial charge is 0.0648 e. The van der Waals surface area contributed by atoms with E-state index in [0.717, 1.165) is 0 Å². The largest absolute Gasteiger partial charge is 0.0942 e. The molecule has 0 amide bonds. The second-order valence-corrected chi connectivity index (χ2v) is 37.8. The average Bonchev–Trinajstić information content (AvgIpc) is 1.36. The van der Waals surface area contributed by atoms with E-state index >= 15 is 0 Å². The molecule has 0 aromatic heterocycles. The van der Waals surface area contributed by atoms with Crippen molar-refractivity contribution < 1.29 is 0 Å². The number of rotatable bonds is 20. The summed E-state index contributed by atoms with van der Waals surface area (Å²) < 4.78 is 0. The molecule has 0 bridgehead atoms. The molecule has 0 spiro atoms. The lowest BCUT2D eigenvalue weighted by Crippen LogP contribution is -2.55. The van der Waals surface area contributed by atoms with Crippen LogP contribution in [0.4, 0.5) is 0 Å². The Bertz CT molecular complexity index is 3820. The summed E-state index contributed by atoms with van der Waals surface area (Å²) in [5, 5.41) is 11.0. The lowest BCUT2D eigenvalue weighted by atomic mass is 10.0. The summed E-state index contributed by atoms with van der Waals surface area (Å²) in [6.45, 7) is 29.4. The Morgan fingerprint density at radius 2 is 0.337 bits per heavy atom. The molecule has 0 fully saturated rings. The Labute approximate surface area is 517 Å². The lowest BCUT2D eigenvalue weighted by molar-refractivity contribution is 0.835. The molecular formula is C84H88Si2. The fraction of sp³-hybridized carbons (Fsp3) is 0.214. The van der Waals surface area contributed by atoms with Gasteiger partial charge in [0.15, 0.2) is 0 Å². The molecule has 0 atom stereocenters. The van der Waals surface area contributed by atoms with Crippen molar-refractivity contribution in [2.24, 2.45) is 0 Å². The van der Waals surface area contributed by atoms with Gasteiger partial charge in [0.05, 0.1) is 16.1 Å². The Balaban J connectivity index is 0.695. The molecule has 10 aromatic rings. The molecule has 86 heavy (non-hydrogen) atoms. The van der Waals surface area contributed by atoms with Crippen molar-refractivity contribution in [2.75, 3.05) is 0 Å². The first-order valence-electron chi connectivity index (χ1n) is 31.6. The van der Waals surface area contributed by atoms with E-state index in [9.17, 15) is 0 Å². The minimum atomic E-state index is -1.70. The van der Waals surface area contributed by atoms with Gasteiger partial charge in [0.25, 0.3) is 0 Å². The molecule has 0 N–H and O–H groups in total. The zero-order valence-corrected chi connectivity index (χ0v) is 55.0. The molecule has 10 rings (SSSR count). The first-order chi connectivity index (χ1) is 41.5. The Kier molecular flexibility index (Phi) is 19.2. The molecule has 0 unspecified atom stereocenters. The lowest BCUT2D eigenvalue weighted by Gasteiger charge is -2.43.